The summed E-state index contributed by atoms with van der Waals surface area (Å²) in [5, 5.41) is 14.2. The number of nitro benzene ring substituents is 1. The molecule has 0 spiro atoms. The van der Waals surface area contributed by atoms with Crippen molar-refractivity contribution in [3.8, 4) is 11.5 Å². The first kappa shape index (κ1) is 23.3. The Balaban J connectivity index is 1.89. The first-order valence-corrected chi connectivity index (χ1v) is 11.4. The second kappa shape index (κ2) is 9.84. The van der Waals surface area contributed by atoms with Gasteiger partial charge in [0, 0.05) is 0 Å². The summed E-state index contributed by atoms with van der Waals surface area (Å²) >= 11 is 8.08. The number of benzene rings is 2. The maximum Gasteiger partial charge on any atom is 0.298 e. The average molecular weight is 571 g/mol. The minimum atomic E-state index is -0.546. The molecule has 1 N–H and O–H groups in total. The highest BCUT2D eigenvalue weighted by atomic mass is 79.9. The molecule has 11 heteroatoms. The van der Waals surface area contributed by atoms with Crippen molar-refractivity contribution in [1.82, 2.24) is 5.32 Å². The van der Waals surface area contributed by atoms with Gasteiger partial charge in [0.2, 0.25) is 0 Å². The van der Waals surface area contributed by atoms with Gasteiger partial charge in [-0.1, -0.05) is 0 Å². The lowest BCUT2D eigenvalue weighted by Crippen LogP contribution is -2.19. The molecular formula is C20H17Br2N3O5S. The molecule has 0 atom stereocenters. The summed E-state index contributed by atoms with van der Waals surface area (Å²) in [6.07, 6.45) is 1.72. The maximum absolute atomic E-state index is 12.4. The largest absolute Gasteiger partial charge is 0.496 e. The van der Waals surface area contributed by atoms with E-state index in [1.165, 1.54) is 19.2 Å². The normalized spacial score (nSPS) is 16.1. The highest BCUT2D eigenvalue weighted by molar-refractivity contribution is 9.11. The van der Waals surface area contributed by atoms with Crippen molar-refractivity contribution in [3.63, 3.8) is 0 Å². The van der Waals surface area contributed by atoms with Gasteiger partial charge in [0.15, 0.2) is 5.17 Å². The number of hydrogen-bond acceptors (Lipinski definition) is 7. The van der Waals surface area contributed by atoms with Gasteiger partial charge in [-0.25, -0.2) is 4.99 Å². The highest BCUT2D eigenvalue weighted by Gasteiger charge is 2.25. The molecule has 1 fully saturated rings. The zero-order chi connectivity index (χ0) is 22.7. The topological polar surface area (TPSA) is 103 Å². The molecule has 2 aromatic rings. The Kier molecular flexibility index (Phi) is 7.39. The zero-order valence-electron chi connectivity index (χ0n) is 16.6. The molecule has 1 aliphatic heterocycles. The fourth-order valence-electron chi connectivity index (χ4n) is 2.62. The molecule has 2 aromatic carbocycles. The molecule has 1 heterocycles. The SMILES string of the molecule is COc1ccc(N=C2NC(=O)/C(=C\c3cc(Br)c(OC(C)C)c(Br)c3)S2)c([N+](=O)[O-])c1. The number of amidine groups is 1. The Morgan fingerprint density at radius 1 is 1.23 bits per heavy atom. The Hall–Kier alpha value is -2.37. The second-order valence-corrected chi connectivity index (χ2v) is 9.31. The van der Waals surface area contributed by atoms with Crippen molar-refractivity contribution in [2.24, 2.45) is 4.99 Å². The van der Waals surface area contributed by atoms with Crippen LogP contribution in [0.15, 0.2) is 49.2 Å². The lowest BCUT2D eigenvalue weighted by atomic mass is 10.2. The number of hydrogen-bond donors (Lipinski definition) is 1. The minimum absolute atomic E-state index is 0.00810. The third kappa shape index (κ3) is 5.66. The van der Waals surface area contributed by atoms with Crippen LogP contribution in [0.5, 0.6) is 11.5 Å². The predicted octanol–water partition coefficient (Wildman–Crippen LogP) is 5.81. The number of aliphatic imine (C=N–C) groups is 1. The van der Waals surface area contributed by atoms with Crippen molar-refractivity contribution in [1.29, 1.82) is 0 Å². The highest BCUT2D eigenvalue weighted by Crippen LogP contribution is 2.38. The van der Waals surface area contributed by atoms with E-state index in [9.17, 15) is 14.9 Å². The number of amides is 1. The smallest absolute Gasteiger partial charge is 0.298 e. The Morgan fingerprint density at radius 2 is 1.90 bits per heavy atom. The maximum atomic E-state index is 12.4. The van der Waals surface area contributed by atoms with E-state index in [1.54, 1.807) is 12.1 Å². The number of rotatable bonds is 6. The van der Waals surface area contributed by atoms with Gasteiger partial charge in [0.05, 0.1) is 38.1 Å². The number of nitrogens with zero attached hydrogens (tertiary/aromatic N) is 2. The van der Waals surface area contributed by atoms with Crippen molar-refractivity contribution in [2.45, 2.75) is 20.0 Å². The van der Waals surface area contributed by atoms with Crippen LogP contribution in [0.4, 0.5) is 11.4 Å². The number of ether oxygens (including phenoxy) is 2. The molecule has 0 bridgehead atoms. The second-order valence-electron chi connectivity index (χ2n) is 6.57. The van der Waals surface area contributed by atoms with Gasteiger partial charge in [-0.15, -0.1) is 0 Å². The van der Waals surface area contributed by atoms with Crippen LogP contribution in [-0.4, -0.2) is 29.2 Å². The summed E-state index contributed by atoms with van der Waals surface area (Å²) in [5.41, 5.74) is 0.674. The van der Waals surface area contributed by atoms with E-state index in [4.69, 9.17) is 9.47 Å². The number of nitro groups is 1. The van der Waals surface area contributed by atoms with E-state index in [0.29, 0.717) is 16.4 Å². The van der Waals surface area contributed by atoms with Crippen LogP contribution in [0.2, 0.25) is 0 Å². The lowest BCUT2D eigenvalue weighted by molar-refractivity contribution is -0.384. The summed E-state index contributed by atoms with van der Waals surface area (Å²) in [4.78, 5) is 27.9. The first-order valence-electron chi connectivity index (χ1n) is 8.95. The number of methoxy groups -OCH3 is 1. The van der Waals surface area contributed by atoms with E-state index < -0.39 is 4.92 Å². The number of nitrogens with one attached hydrogen (secondary N) is 1. The van der Waals surface area contributed by atoms with Gasteiger partial charge in [-0.05, 0) is 93.4 Å². The standard InChI is InChI=1S/C20H17Br2N3O5S/c1-10(2)30-18-13(21)6-11(7-14(18)22)8-17-19(26)24-20(31-17)23-15-5-4-12(29-3)9-16(15)25(27)28/h4-10H,1-3H3,(H,23,24,26)/b17-8+. The van der Waals surface area contributed by atoms with E-state index in [2.05, 4.69) is 42.2 Å². The molecule has 8 nitrogen and oxygen atoms in total. The summed E-state index contributed by atoms with van der Waals surface area (Å²) in [6, 6.07) is 8.01. The Bertz CT molecular complexity index is 1090. The van der Waals surface area contributed by atoms with E-state index in [1.807, 2.05) is 26.0 Å². The van der Waals surface area contributed by atoms with Crippen molar-refractivity contribution in [3.05, 3.63) is 59.9 Å². The van der Waals surface area contributed by atoms with Gasteiger partial charge < -0.3 is 14.8 Å². The van der Waals surface area contributed by atoms with Crippen molar-refractivity contribution < 1.29 is 19.2 Å². The van der Waals surface area contributed by atoms with Gasteiger partial charge >= 0.3 is 0 Å². The fourth-order valence-corrected chi connectivity index (χ4v) is 4.87. The quantitative estimate of drug-likeness (QED) is 0.267. The average Bonchev–Trinajstić information content (AvgIpc) is 3.03. The van der Waals surface area contributed by atoms with E-state index in [-0.39, 0.29) is 28.6 Å². The Morgan fingerprint density at radius 3 is 2.48 bits per heavy atom. The monoisotopic (exact) mass is 569 g/mol. The summed E-state index contributed by atoms with van der Waals surface area (Å²) < 4.78 is 12.3. The molecule has 0 saturated carbocycles. The van der Waals surface area contributed by atoms with Crippen LogP contribution in [0.3, 0.4) is 0 Å². The molecule has 0 radical (unpaired) electrons. The molecule has 1 saturated heterocycles. The van der Waals surface area contributed by atoms with Crippen LogP contribution in [0.1, 0.15) is 19.4 Å². The number of carbonyl (C=O) groups is 1. The van der Waals surface area contributed by atoms with Crippen LogP contribution in [0.25, 0.3) is 6.08 Å². The molecule has 162 valence electrons. The predicted molar refractivity (Wildman–Crippen MR) is 128 cm³/mol. The van der Waals surface area contributed by atoms with Gasteiger partial charge in [-0.2, -0.15) is 0 Å². The fraction of sp³-hybridized carbons (Fsp3) is 0.200. The zero-order valence-corrected chi connectivity index (χ0v) is 20.6. The van der Waals surface area contributed by atoms with Crippen molar-refractivity contribution >= 4 is 72.1 Å². The summed E-state index contributed by atoms with van der Waals surface area (Å²) in [7, 11) is 1.42. The third-order valence-corrected chi connectivity index (χ3v) is 6.01. The molecule has 1 amide bonds. The molecule has 3 rings (SSSR count). The van der Waals surface area contributed by atoms with Crippen molar-refractivity contribution in [2.75, 3.05) is 7.11 Å². The van der Waals surface area contributed by atoms with E-state index >= 15 is 0 Å². The number of carbonyl (C=O) groups excluding carboxylic acids is 1. The van der Waals surface area contributed by atoms with Gasteiger partial charge in [0.25, 0.3) is 11.6 Å². The number of halogens is 2. The Labute approximate surface area is 199 Å². The molecule has 31 heavy (non-hydrogen) atoms. The first-order chi connectivity index (χ1) is 14.7. The molecule has 0 aromatic heterocycles. The number of thioether (sulfide) groups is 1. The molecule has 0 aliphatic carbocycles. The minimum Gasteiger partial charge on any atom is -0.496 e. The van der Waals surface area contributed by atoms with Gasteiger partial charge in [-0.3, -0.25) is 14.9 Å². The van der Waals surface area contributed by atoms with Gasteiger partial charge in [0.1, 0.15) is 17.2 Å². The summed E-state index contributed by atoms with van der Waals surface area (Å²) in [6.45, 7) is 3.87. The molecular weight excluding hydrogens is 554 g/mol. The van der Waals surface area contributed by atoms with Crippen LogP contribution < -0.4 is 14.8 Å². The van der Waals surface area contributed by atoms with Crippen LogP contribution in [-0.2, 0) is 4.79 Å². The van der Waals surface area contributed by atoms with Crippen LogP contribution in [0, 0.1) is 10.1 Å². The van der Waals surface area contributed by atoms with Crippen LogP contribution >= 0.6 is 43.6 Å². The lowest BCUT2D eigenvalue weighted by Gasteiger charge is -2.14. The third-order valence-electron chi connectivity index (χ3n) is 3.92. The van der Waals surface area contributed by atoms with E-state index in [0.717, 1.165) is 26.3 Å². The molecule has 0 unspecified atom stereocenters. The summed E-state index contributed by atoms with van der Waals surface area (Å²) in [5.74, 6) is 0.685. The molecule has 1 aliphatic rings.